The van der Waals surface area contributed by atoms with Gasteiger partial charge < -0.3 is 20.3 Å². The summed E-state index contributed by atoms with van der Waals surface area (Å²) < 4.78 is 10.9. The number of nitrogens with two attached hydrogens (primary N) is 1. The second-order valence-electron chi connectivity index (χ2n) is 4.75. The monoisotopic (exact) mass is 257 g/mol. The minimum Gasteiger partial charge on any atom is -0.486 e. The van der Waals surface area contributed by atoms with Crippen LogP contribution in [0.4, 0.5) is 0 Å². The predicted octanol–water partition coefficient (Wildman–Crippen LogP) is 1.88. The van der Waals surface area contributed by atoms with E-state index in [-0.39, 0.29) is 0 Å². The average molecular weight is 258 g/mol. The van der Waals surface area contributed by atoms with Gasteiger partial charge in [0.15, 0.2) is 11.5 Å². The van der Waals surface area contributed by atoms with Gasteiger partial charge >= 0.3 is 0 Å². The number of aliphatic hydroxyl groups excluding tert-OH is 1. The Hall–Kier alpha value is -0.970. The van der Waals surface area contributed by atoms with Gasteiger partial charge in [-0.25, -0.2) is 0 Å². The molecule has 1 atom stereocenters. The van der Waals surface area contributed by atoms with Crippen LogP contribution >= 0.6 is 11.6 Å². The predicted molar refractivity (Wildman–Crippen MR) is 65.7 cm³/mol. The van der Waals surface area contributed by atoms with Crippen LogP contribution in [0.1, 0.15) is 25.5 Å². The zero-order valence-corrected chi connectivity index (χ0v) is 10.6. The highest BCUT2D eigenvalue weighted by molar-refractivity contribution is 6.32. The van der Waals surface area contributed by atoms with Crippen LogP contribution in [0.15, 0.2) is 12.1 Å². The molecule has 0 amide bonds. The molecule has 4 nitrogen and oxygen atoms in total. The van der Waals surface area contributed by atoms with E-state index in [0.29, 0.717) is 35.3 Å². The molecule has 1 aromatic rings. The Bertz CT molecular complexity index is 428. The molecule has 94 valence electrons. The first-order chi connectivity index (χ1) is 7.89. The van der Waals surface area contributed by atoms with E-state index in [0.717, 1.165) is 0 Å². The van der Waals surface area contributed by atoms with Crippen LogP contribution < -0.4 is 15.2 Å². The lowest BCUT2D eigenvalue weighted by atomic mass is 9.92. The minimum atomic E-state index is -0.809. The smallest absolute Gasteiger partial charge is 0.179 e. The number of fused-ring (bicyclic) bond motifs is 1. The Labute approximate surface area is 105 Å². The standard InChI is InChI=1S/C12H16ClNO3/c1-12(2,14)11(15)7-5-8(13)10-9(6-7)16-3-4-17-10/h5-6,11,15H,3-4,14H2,1-2H3. The molecule has 1 unspecified atom stereocenters. The summed E-state index contributed by atoms with van der Waals surface area (Å²) >= 11 is 6.08. The third kappa shape index (κ3) is 2.49. The molecule has 1 aliphatic heterocycles. The summed E-state index contributed by atoms with van der Waals surface area (Å²) in [7, 11) is 0. The van der Waals surface area contributed by atoms with Crippen LogP contribution in [0.25, 0.3) is 0 Å². The van der Waals surface area contributed by atoms with Crippen LogP contribution in [-0.2, 0) is 0 Å². The fourth-order valence-corrected chi connectivity index (χ4v) is 1.99. The zero-order chi connectivity index (χ0) is 12.6. The second-order valence-corrected chi connectivity index (χ2v) is 5.16. The van der Waals surface area contributed by atoms with Crippen LogP contribution in [0.2, 0.25) is 5.02 Å². The van der Waals surface area contributed by atoms with E-state index in [4.69, 9.17) is 26.8 Å². The normalized spacial score (nSPS) is 16.8. The topological polar surface area (TPSA) is 64.7 Å². The molecule has 0 aromatic heterocycles. The van der Waals surface area contributed by atoms with Crippen LogP contribution in [0, 0.1) is 0 Å². The van der Waals surface area contributed by atoms with Crippen LogP contribution in [0.5, 0.6) is 11.5 Å². The van der Waals surface area contributed by atoms with Gasteiger partial charge in [-0.2, -0.15) is 0 Å². The van der Waals surface area contributed by atoms with Crippen molar-refractivity contribution in [2.75, 3.05) is 13.2 Å². The fourth-order valence-electron chi connectivity index (χ4n) is 1.72. The molecular formula is C12H16ClNO3. The van der Waals surface area contributed by atoms with Crippen molar-refractivity contribution in [3.63, 3.8) is 0 Å². The first-order valence-corrected chi connectivity index (χ1v) is 5.83. The number of ether oxygens (including phenoxy) is 2. The van der Waals surface area contributed by atoms with E-state index in [9.17, 15) is 5.11 Å². The molecule has 1 heterocycles. The van der Waals surface area contributed by atoms with E-state index in [1.807, 2.05) is 0 Å². The highest BCUT2D eigenvalue weighted by Crippen LogP contribution is 2.40. The molecule has 1 aliphatic rings. The van der Waals surface area contributed by atoms with E-state index in [1.165, 1.54) is 0 Å². The largest absolute Gasteiger partial charge is 0.486 e. The van der Waals surface area contributed by atoms with Crippen molar-refractivity contribution in [1.82, 2.24) is 0 Å². The average Bonchev–Trinajstić information content (AvgIpc) is 2.27. The third-order valence-corrected chi connectivity index (χ3v) is 2.92. The summed E-state index contributed by atoms with van der Waals surface area (Å²) in [5.74, 6) is 1.09. The second kappa shape index (κ2) is 4.37. The van der Waals surface area contributed by atoms with Gasteiger partial charge in [0.2, 0.25) is 0 Å². The van der Waals surface area contributed by atoms with E-state index in [1.54, 1.807) is 26.0 Å². The zero-order valence-electron chi connectivity index (χ0n) is 9.87. The van der Waals surface area contributed by atoms with Crippen molar-refractivity contribution in [2.24, 2.45) is 5.73 Å². The third-order valence-electron chi connectivity index (χ3n) is 2.64. The number of rotatable bonds is 2. The minimum absolute atomic E-state index is 0.431. The van der Waals surface area contributed by atoms with E-state index in [2.05, 4.69) is 0 Å². The molecule has 1 aromatic carbocycles. The molecule has 0 bridgehead atoms. The summed E-state index contributed by atoms with van der Waals surface area (Å²) in [4.78, 5) is 0. The molecule has 0 fully saturated rings. The molecule has 0 radical (unpaired) electrons. The van der Waals surface area contributed by atoms with Gasteiger partial charge in [-0.15, -0.1) is 0 Å². The molecule has 2 rings (SSSR count). The molecule has 0 spiro atoms. The Balaban J connectivity index is 2.41. The number of hydrogen-bond donors (Lipinski definition) is 2. The van der Waals surface area contributed by atoms with E-state index >= 15 is 0 Å². The van der Waals surface area contributed by atoms with Crippen molar-refractivity contribution in [3.05, 3.63) is 22.7 Å². The molecule has 5 heteroatoms. The Kier molecular flexibility index (Phi) is 3.21. The molecular weight excluding hydrogens is 242 g/mol. The van der Waals surface area contributed by atoms with Gasteiger partial charge in [0.1, 0.15) is 13.2 Å². The van der Waals surface area contributed by atoms with Crippen molar-refractivity contribution in [3.8, 4) is 11.5 Å². The molecule has 17 heavy (non-hydrogen) atoms. The van der Waals surface area contributed by atoms with E-state index < -0.39 is 11.6 Å². The summed E-state index contributed by atoms with van der Waals surface area (Å²) in [6, 6.07) is 3.38. The van der Waals surface area contributed by atoms with Crippen molar-refractivity contribution in [2.45, 2.75) is 25.5 Å². The lowest BCUT2D eigenvalue weighted by Crippen LogP contribution is -2.39. The summed E-state index contributed by atoms with van der Waals surface area (Å²) in [6.07, 6.45) is -0.809. The first-order valence-electron chi connectivity index (χ1n) is 5.45. The Morgan fingerprint density at radius 1 is 1.35 bits per heavy atom. The van der Waals surface area contributed by atoms with Gasteiger partial charge in [-0.05, 0) is 31.5 Å². The number of halogens is 1. The molecule has 0 saturated carbocycles. The Morgan fingerprint density at radius 2 is 2.00 bits per heavy atom. The quantitative estimate of drug-likeness (QED) is 0.849. The summed E-state index contributed by atoms with van der Waals surface area (Å²) in [5.41, 5.74) is 5.76. The number of benzene rings is 1. The fraction of sp³-hybridized carbons (Fsp3) is 0.500. The van der Waals surface area contributed by atoms with Crippen LogP contribution in [0.3, 0.4) is 0 Å². The lowest BCUT2D eigenvalue weighted by Gasteiger charge is -2.28. The van der Waals surface area contributed by atoms with Gasteiger partial charge in [-0.3, -0.25) is 0 Å². The van der Waals surface area contributed by atoms with Gasteiger partial charge in [-0.1, -0.05) is 11.6 Å². The maximum Gasteiger partial charge on any atom is 0.179 e. The van der Waals surface area contributed by atoms with Gasteiger partial charge in [0.05, 0.1) is 11.1 Å². The van der Waals surface area contributed by atoms with Crippen molar-refractivity contribution < 1.29 is 14.6 Å². The SMILES string of the molecule is CC(C)(N)C(O)c1cc(Cl)c2c(c1)OCCO2. The Morgan fingerprint density at radius 3 is 2.65 bits per heavy atom. The molecule has 0 saturated heterocycles. The molecule has 0 aliphatic carbocycles. The maximum absolute atomic E-state index is 10.1. The van der Waals surface area contributed by atoms with Crippen molar-refractivity contribution in [1.29, 1.82) is 0 Å². The van der Waals surface area contributed by atoms with Gasteiger partial charge in [0, 0.05) is 5.54 Å². The summed E-state index contributed by atoms with van der Waals surface area (Å²) in [6.45, 7) is 4.47. The maximum atomic E-state index is 10.1. The highest BCUT2D eigenvalue weighted by atomic mass is 35.5. The lowest BCUT2D eigenvalue weighted by molar-refractivity contribution is 0.103. The number of aliphatic hydroxyl groups is 1. The molecule has 3 N–H and O–H groups in total. The summed E-state index contributed by atoms with van der Waals surface area (Å²) in [5, 5.41) is 10.5. The number of hydrogen-bond acceptors (Lipinski definition) is 4. The van der Waals surface area contributed by atoms with Gasteiger partial charge in [0.25, 0.3) is 0 Å². The van der Waals surface area contributed by atoms with Crippen molar-refractivity contribution >= 4 is 11.6 Å². The highest BCUT2D eigenvalue weighted by Gasteiger charge is 2.27. The first kappa shape index (κ1) is 12.5. The van der Waals surface area contributed by atoms with Crippen LogP contribution in [-0.4, -0.2) is 23.9 Å².